The number of amides is 1. The number of carbonyl (C=O) groups is 2. The summed E-state index contributed by atoms with van der Waals surface area (Å²) in [5, 5.41) is 11.7. The van der Waals surface area contributed by atoms with Crippen LogP contribution < -0.4 is 10.1 Å². The number of hydrogen-bond donors (Lipinski definition) is 2. The van der Waals surface area contributed by atoms with Gasteiger partial charge < -0.3 is 19.9 Å². The summed E-state index contributed by atoms with van der Waals surface area (Å²) in [6.07, 6.45) is 1.18. The van der Waals surface area contributed by atoms with Crippen LogP contribution in [-0.4, -0.2) is 61.3 Å². The second-order valence-corrected chi connectivity index (χ2v) is 7.59. The molecule has 1 amide bonds. The minimum absolute atomic E-state index is 0.0234. The average Bonchev–Trinajstić information content (AvgIpc) is 2.76. The molecular formula is C24H30N2O5. The van der Waals surface area contributed by atoms with Gasteiger partial charge in [0.2, 0.25) is 5.91 Å². The van der Waals surface area contributed by atoms with Crippen molar-refractivity contribution in [2.24, 2.45) is 0 Å². The maximum absolute atomic E-state index is 12.4. The molecule has 31 heavy (non-hydrogen) atoms. The fraction of sp³-hybridized carbons (Fsp3) is 0.417. The van der Waals surface area contributed by atoms with Crippen molar-refractivity contribution in [1.29, 1.82) is 0 Å². The third kappa shape index (κ3) is 8.03. The van der Waals surface area contributed by atoms with Gasteiger partial charge in [0.05, 0.1) is 18.9 Å². The standard InChI is InChI=1S/C24H30N2O5/c27-23(7-4-8-24(28)29)25-21-18-20(17-19-5-2-1-3-6-19)9-10-22(21)31-16-13-26-11-14-30-15-12-26/h1-3,5-6,9-10,18H,4,7-8,11-17H2,(H,25,27)(H,28,29). The van der Waals surface area contributed by atoms with E-state index in [9.17, 15) is 9.59 Å². The van der Waals surface area contributed by atoms with Gasteiger partial charge in [-0.2, -0.15) is 0 Å². The molecule has 0 spiro atoms. The lowest BCUT2D eigenvalue weighted by atomic mass is 10.0. The Hall–Kier alpha value is -2.90. The highest BCUT2D eigenvalue weighted by atomic mass is 16.5. The van der Waals surface area contributed by atoms with Crippen LogP contribution in [0.15, 0.2) is 48.5 Å². The van der Waals surface area contributed by atoms with Crippen molar-refractivity contribution in [3.63, 3.8) is 0 Å². The van der Waals surface area contributed by atoms with Crippen molar-refractivity contribution in [3.8, 4) is 5.75 Å². The average molecular weight is 427 g/mol. The number of carboxylic acids is 1. The molecule has 0 atom stereocenters. The van der Waals surface area contributed by atoms with Crippen LogP contribution in [0.25, 0.3) is 0 Å². The largest absolute Gasteiger partial charge is 0.490 e. The number of nitrogens with one attached hydrogen (secondary N) is 1. The van der Waals surface area contributed by atoms with Gasteiger partial charge in [0.1, 0.15) is 12.4 Å². The van der Waals surface area contributed by atoms with Gasteiger partial charge in [-0.25, -0.2) is 0 Å². The van der Waals surface area contributed by atoms with Gasteiger partial charge in [0, 0.05) is 32.5 Å². The highest BCUT2D eigenvalue weighted by molar-refractivity contribution is 5.92. The van der Waals surface area contributed by atoms with Crippen LogP contribution in [-0.2, 0) is 20.7 Å². The number of aliphatic carboxylic acids is 1. The number of carbonyl (C=O) groups excluding carboxylic acids is 1. The van der Waals surface area contributed by atoms with Gasteiger partial charge in [-0.05, 0) is 36.1 Å². The van der Waals surface area contributed by atoms with Gasteiger partial charge in [-0.1, -0.05) is 36.4 Å². The summed E-state index contributed by atoms with van der Waals surface area (Å²) in [6.45, 7) is 4.58. The Morgan fingerprint density at radius 3 is 2.55 bits per heavy atom. The molecule has 7 heteroatoms. The lowest BCUT2D eigenvalue weighted by Gasteiger charge is -2.26. The predicted octanol–water partition coefficient (Wildman–Crippen LogP) is 3.18. The summed E-state index contributed by atoms with van der Waals surface area (Å²) in [6, 6.07) is 16.0. The maximum atomic E-state index is 12.4. The Balaban J connectivity index is 1.64. The van der Waals surface area contributed by atoms with Crippen molar-refractivity contribution in [3.05, 3.63) is 59.7 Å². The smallest absolute Gasteiger partial charge is 0.303 e. The van der Waals surface area contributed by atoms with Crippen molar-refractivity contribution < 1.29 is 24.2 Å². The molecule has 1 heterocycles. The second kappa shape index (κ2) is 12.1. The van der Waals surface area contributed by atoms with E-state index in [-0.39, 0.29) is 18.7 Å². The first-order valence-electron chi connectivity index (χ1n) is 10.7. The van der Waals surface area contributed by atoms with Gasteiger partial charge >= 0.3 is 5.97 Å². The van der Waals surface area contributed by atoms with E-state index < -0.39 is 5.97 Å². The van der Waals surface area contributed by atoms with E-state index in [4.69, 9.17) is 14.6 Å². The van der Waals surface area contributed by atoms with Crippen LogP contribution >= 0.6 is 0 Å². The number of benzene rings is 2. The van der Waals surface area contributed by atoms with Crippen molar-refractivity contribution in [2.45, 2.75) is 25.7 Å². The lowest BCUT2D eigenvalue weighted by molar-refractivity contribution is -0.137. The zero-order chi connectivity index (χ0) is 21.9. The van der Waals surface area contributed by atoms with E-state index in [0.29, 0.717) is 24.5 Å². The molecule has 1 aliphatic heterocycles. The number of hydrogen-bond acceptors (Lipinski definition) is 5. The fourth-order valence-electron chi connectivity index (χ4n) is 3.46. The summed E-state index contributed by atoms with van der Waals surface area (Å²) in [4.78, 5) is 25.3. The monoisotopic (exact) mass is 426 g/mol. The van der Waals surface area contributed by atoms with E-state index in [2.05, 4.69) is 22.3 Å². The van der Waals surface area contributed by atoms with E-state index >= 15 is 0 Å². The summed E-state index contributed by atoms with van der Waals surface area (Å²) < 4.78 is 11.4. The van der Waals surface area contributed by atoms with Crippen LogP contribution in [0, 0.1) is 0 Å². The third-order valence-electron chi connectivity index (χ3n) is 5.13. The number of carboxylic acid groups (broad SMARTS) is 1. The van der Waals surface area contributed by atoms with Crippen LogP contribution in [0.5, 0.6) is 5.75 Å². The molecule has 0 bridgehead atoms. The number of morpholine rings is 1. The van der Waals surface area contributed by atoms with Crippen molar-refractivity contribution in [2.75, 3.05) is 44.8 Å². The Bertz CT molecular complexity index is 850. The van der Waals surface area contributed by atoms with Crippen LogP contribution in [0.4, 0.5) is 5.69 Å². The summed E-state index contributed by atoms with van der Waals surface area (Å²) in [7, 11) is 0. The Morgan fingerprint density at radius 1 is 1.03 bits per heavy atom. The lowest BCUT2D eigenvalue weighted by Crippen LogP contribution is -2.38. The first kappa shape index (κ1) is 22.8. The van der Waals surface area contributed by atoms with Crippen molar-refractivity contribution in [1.82, 2.24) is 4.90 Å². The molecule has 7 nitrogen and oxygen atoms in total. The summed E-state index contributed by atoms with van der Waals surface area (Å²) in [5.41, 5.74) is 2.87. The first-order valence-corrected chi connectivity index (χ1v) is 10.7. The number of rotatable bonds is 11. The molecular weight excluding hydrogens is 396 g/mol. The molecule has 1 fully saturated rings. The molecule has 2 N–H and O–H groups in total. The second-order valence-electron chi connectivity index (χ2n) is 7.59. The molecule has 0 aromatic heterocycles. The van der Waals surface area contributed by atoms with E-state index in [1.54, 1.807) is 0 Å². The third-order valence-corrected chi connectivity index (χ3v) is 5.13. The predicted molar refractivity (Wildman–Crippen MR) is 119 cm³/mol. The van der Waals surface area contributed by atoms with Gasteiger partial charge in [0.25, 0.3) is 0 Å². The molecule has 1 aliphatic rings. The van der Waals surface area contributed by atoms with E-state index in [0.717, 1.165) is 44.8 Å². The van der Waals surface area contributed by atoms with Crippen molar-refractivity contribution >= 4 is 17.6 Å². The van der Waals surface area contributed by atoms with Crippen LogP contribution in [0.3, 0.4) is 0 Å². The van der Waals surface area contributed by atoms with Gasteiger partial charge in [-0.15, -0.1) is 0 Å². The molecule has 0 aliphatic carbocycles. The molecule has 166 valence electrons. The minimum atomic E-state index is -0.898. The quantitative estimate of drug-likeness (QED) is 0.574. The minimum Gasteiger partial charge on any atom is -0.490 e. The topological polar surface area (TPSA) is 88.1 Å². The molecule has 2 aromatic carbocycles. The normalized spacial score (nSPS) is 14.2. The Morgan fingerprint density at radius 2 is 1.81 bits per heavy atom. The molecule has 3 rings (SSSR count). The Labute approximate surface area is 183 Å². The zero-order valence-corrected chi connectivity index (χ0v) is 17.7. The molecule has 0 unspecified atom stereocenters. The van der Waals surface area contributed by atoms with Gasteiger partial charge in [-0.3, -0.25) is 14.5 Å². The van der Waals surface area contributed by atoms with E-state index in [1.165, 1.54) is 5.56 Å². The first-order chi connectivity index (χ1) is 15.1. The summed E-state index contributed by atoms with van der Waals surface area (Å²) >= 11 is 0. The Kier molecular flexibility index (Phi) is 8.87. The zero-order valence-electron chi connectivity index (χ0n) is 17.7. The summed E-state index contributed by atoms with van der Waals surface area (Å²) in [5.74, 6) is -0.488. The maximum Gasteiger partial charge on any atom is 0.303 e. The molecule has 2 aromatic rings. The SMILES string of the molecule is O=C(O)CCCC(=O)Nc1cc(Cc2ccccc2)ccc1OCCN1CCOCC1. The fourth-order valence-corrected chi connectivity index (χ4v) is 3.46. The molecule has 0 radical (unpaired) electrons. The number of anilines is 1. The van der Waals surface area contributed by atoms with Gasteiger partial charge in [0.15, 0.2) is 0 Å². The highest BCUT2D eigenvalue weighted by Gasteiger charge is 2.13. The highest BCUT2D eigenvalue weighted by Crippen LogP contribution is 2.27. The number of nitrogens with zero attached hydrogens (tertiary/aromatic N) is 1. The molecule has 0 saturated carbocycles. The van der Waals surface area contributed by atoms with E-state index in [1.807, 2.05) is 36.4 Å². The van der Waals surface area contributed by atoms with Crippen LogP contribution in [0.1, 0.15) is 30.4 Å². The van der Waals surface area contributed by atoms with Crippen LogP contribution in [0.2, 0.25) is 0 Å². The molecule has 1 saturated heterocycles. The number of ether oxygens (including phenoxy) is 2.